The second-order valence-electron chi connectivity index (χ2n) is 8.25. The van der Waals surface area contributed by atoms with Crippen LogP contribution < -0.4 is 0 Å². The second kappa shape index (κ2) is 7.78. The van der Waals surface area contributed by atoms with Crippen LogP contribution in [0.25, 0.3) is 22.2 Å². The number of amides is 1. The third kappa shape index (κ3) is 3.61. The Labute approximate surface area is 175 Å². The number of nitrogens with zero attached hydrogens (tertiary/aromatic N) is 4. The molecule has 2 unspecified atom stereocenters. The molecule has 30 heavy (non-hydrogen) atoms. The van der Waals surface area contributed by atoms with E-state index < -0.39 is 0 Å². The molecule has 4 heterocycles. The van der Waals surface area contributed by atoms with E-state index in [4.69, 9.17) is 4.98 Å². The smallest absolute Gasteiger partial charge is 0.227 e. The predicted molar refractivity (Wildman–Crippen MR) is 117 cm³/mol. The zero-order valence-corrected chi connectivity index (χ0v) is 17.0. The van der Waals surface area contributed by atoms with E-state index in [1.165, 1.54) is 0 Å². The average molecular weight is 399 g/mol. The van der Waals surface area contributed by atoms with E-state index in [1.807, 2.05) is 47.6 Å². The van der Waals surface area contributed by atoms with Crippen LogP contribution in [0.3, 0.4) is 0 Å². The first-order chi connectivity index (χ1) is 14.7. The lowest BCUT2D eigenvalue weighted by molar-refractivity contribution is -0.131. The van der Waals surface area contributed by atoms with Gasteiger partial charge in [-0.1, -0.05) is 30.3 Å². The zero-order valence-electron chi connectivity index (χ0n) is 17.0. The molecular weight excluding hydrogens is 374 g/mol. The number of likely N-dealkylation sites (tertiary alicyclic amines) is 1. The van der Waals surface area contributed by atoms with Crippen LogP contribution in [-0.2, 0) is 17.8 Å². The van der Waals surface area contributed by atoms with Crippen molar-refractivity contribution in [3.05, 3.63) is 72.8 Å². The Kier molecular flexibility index (Phi) is 4.83. The third-order valence-corrected chi connectivity index (χ3v) is 6.07. The van der Waals surface area contributed by atoms with Gasteiger partial charge in [-0.25, -0.2) is 4.98 Å². The highest BCUT2D eigenvalue weighted by Gasteiger charge is 2.32. The van der Waals surface area contributed by atoms with Crippen LogP contribution in [0.2, 0.25) is 0 Å². The number of aromatic nitrogens is 4. The molecule has 1 aliphatic rings. The minimum atomic E-state index is 0.219. The monoisotopic (exact) mass is 399 g/mol. The van der Waals surface area contributed by atoms with Crippen LogP contribution in [0.5, 0.6) is 0 Å². The normalized spacial score (nSPS) is 18.9. The van der Waals surface area contributed by atoms with E-state index in [1.54, 1.807) is 6.20 Å². The average Bonchev–Trinajstić information content (AvgIpc) is 3.49. The number of H-pyrrole nitrogens is 1. The van der Waals surface area contributed by atoms with Crippen LogP contribution in [0.1, 0.15) is 18.9 Å². The van der Waals surface area contributed by atoms with E-state index in [2.05, 4.69) is 40.0 Å². The molecule has 1 amide bonds. The highest BCUT2D eigenvalue weighted by molar-refractivity contribution is 5.82. The van der Waals surface area contributed by atoms with Gasteiger partial charge in [0.05, 0.1) is 12.6 Å². The lowest BCUT2D eigenvalue weighted by Crippen LogP contribution is -2.35. The van der Waals surface area contributed by atoms with Gasteiger partial charge < -0.3 is 9.47 Å². The van der Waals surface area contributed by atoms with E-state index in [0.717, 1.165) is 47.2 Å². The largest absolute Gasteiger partial charge is 0.339 e. The Morgan fingerprint density at radius 2 is 2.03 bits per heavy atom. The molecule has 0 saturated carbocycles. The van der Waals surface area contributed by atoms with Crippen LogP contribution in [0.4, 0.5) is 0 Å². The summed E-state index contributed by atoms with van der Waals surface area (Å²) >= 11 is 0. The van der Waals surface area contributed by atoms with Crippen LogP contribution in [0, 0.1) is 5.92 Å². The fraction of sp³-hybridized carbons (Fsp3) is 0.292. The van der Waals surface area contributed by atoms with Crippen LogP contribution >= 0.6 is 0 Å². The van der Waals surface area contributed by atoms with Crippen molar-refractivity contribution in [3.8, 4) is 11.1 Å². The van der Waals surface area contributed by atoms with E-state index in [-0.39, 0.29) is 11.9 Å². The maximum atomic E-state index is 12.8. The Bertz CT molecular complexity index is 1150. The summed E-state index contributed by atoms with van der Waals surface area (Å²) in [6, 6.07) is 14.5. The Morgan fingerprint density at radius 3 is 2.83 bits per heavy atom. The number of carbonyl (C=O) groups excluding carboxylic acids is 1. The quantitative estimate of drug-likeness (QED) is 0.553. The number of benzene rings is 1. The van der Waals surface area contributed by atoms with Crippen molar-refractivity contribution in [3.63, 3.8) is 0 Å². The topological polar surface area (TPSA) is 66.8 Å². The first-order valence-corrected chi connectivity index (χ1v) is 10.4. The van der Waals surface area contributed by atoms with Gasteiger partial charge in [0.2, 0.25) is 5.91 Å². The van der Waals surface area contributed by atoms with Crippen molar-refractivity contribution in [2.45, 2.75) is 32.4 Å². The lowest BCUT2D eigenvalue weighted by Gasteiger charge is -2.21. The predicted octanol–water partition coefficient (Wildman–Crippen LogP) is 3.91. The molecule has 6 nitrogen and oxygen atoms in total. The van der Waals surface area contributed by atoms with Crippen molar-refractivity contribution in [2.24, 2.45) is 5.92 Å². The Balaban J connectivity index is 1.28. The highest BCUT2D eigenvalue weighted by Crippen LogP contribution is 2.28. The minimum Gasteiger partial charge on any atom is -0.339 e. The summed E-state index contributed by atoms with van der Waals surface area (Å²) in [6.07, 6.45) is 9.18. The van der Waals surface area contributed by atoms with E-state index >= 15 is 0 Å². The summed E-state index contributed by atoms with van der Waals surface area (Å²) in [6.45, 7) is 3.84. The molecule has 1 aliphatic heterocycles. The summed E-state index contributed by atoms with van der Waals surface area (Å²) in [5.41, 5.74) is 4.16. The minimum absolute atomic E-state index is 0.219. The third-order valence-electron chi connectivity index (χ3n) is 6.07. The second-order valence-corrected chi connectivity index (χ2v) is 8.25. The van der Waals surface area contributed by atoms with Crippen LogP contribution in [-0.4, -0.2) is 43.1 Å². The first kappa shape index (κ1) is 18.6. The molecule has 1 saturated heterocycles. The molecule has 0 radical (unpaired) electrons. The fourth-order valence-corrected chi connectivity index (χ4v) is 4.56. The maximum absolute atomic E-state index is 12.8. The summed E-state index contributed by atoms with van der Waals surface area (Å²) in [7, 11) is 0. The molecule has 152 valence electrons. The number of carbonyl (C=O) groups is 1. The number of rotatable bonds is 5. The summed E-state index contributed by atoms with van der Waals surface area (Å²) in [4.78, 5) is 19.6. The van der Waals surface area contributed by atoms with Gasteiger partial charge in [-0.15, -0.1) is 0 Å². The molecule has 6 heteroatoms. The molecule has 1 fully saturated rings. The molecule has 5 rings (SSSR count). The fourth-order valence-electron chi connectivity index (χ4n) is 4.56. The van der Waals surface area contributed by atoms with Gasteiger partial charge >= 0.3 is 0 Å². The molecule has 3 aromatic heterocycles. The summed E-state index contributed by atoms with van der Waals surface area (Å²) < 4.78 is 2.22. The first-order valence-electron chi connectivity index (χ1n) is 10.4. The molecule has 0 bridgehead atoms. The van der Waals surface area contributed by atoms with Gasteiger partial charge in [0.25, 0.3) is 0 Å². The number of fused-ring (bicyclic) bond motifs is 1. The SMILES string of the molecule is CC1CC(Cn2ccc3cc(-c4cn[nH]c4)cnc32)CN1C(=O)Cc1ccccc1. The van der Waals surface area contributed by atoms with Gasteiger partial charge in [0.15, 0.2) is 0 Å². The number of aromatic amines is 1. The number of nitrogens with one attached hydrogen (secondary N) is 1. The lowest BCUT2D eigenvalue weighted by atomic mass is 10.1. The van der Waals surface area contributed by atoms with Gasteiger partial charge in [0, 0.05) is 54.2 Å². The van der Waals surface area contributed by atoms with Crippen molar-refractivity contribution < 1.29 is 4.79 Å². The van der Waals surface area contributed by atoms with Crippen molar-refractivity contribution in [2.75, 3.05) is 6.54 Å². The van der Waals surface area contributed by atoms with Crippen LogP contribution in [0.15, 0.2) is 67.3 Å². The number of hydrogen-bond acceptors (Lipinski definition) is 3. The molecule has 1 N–H and O–H groups in total. The Morgan fingerprint density at radius 1 is 1.17 bits per heavy atom. The molecule has 2 atom stereocenters. The van der Waals surface area contributed by atoms with E-state index in [0.29, 0.717) is 12.3 Å². The maximum Gasteiger partial charge on any atom is 0.227 e. The molecule has 1 aromatic carbocycles. The summed E-state index contributed by atoms with van der Waals surface area (Å²) in [5, 5.41) is 7.99. The molecular formula is C24H25N5O. The number of pyridine rings is 1. The van der Waals surface area contributed by atoms with Gasteiger partial charge in [0.1, 0.15) is 5.65 Å². The zero-order chi connectivity index (χ0) is 20.5. The number of hydrogen-bond donors (Lipinski definition) is 1. The van der Waals surface area contributed by atoms with Gasteiger partial charge in [-0.05, 0) is 37.0 Å². The molecule has 0 spiro atoms. The van der Waals surface area contributed by atoms with Crippen molar-refractivity contribution >= 4 is 16.9 Å². The molecule has 0 aliphatic carbocycles. The standard InChI is InChI=1S/C24H25N5O/c1-17-9-19(16-29(17)23(30)10-18-5-3-2-4-6-18)15-28-8-7-20-11-21(12-25-24(20)28)22-13-26-27-14-22/h2-8,11-14,17,19H,9-10,15-16H2,1H3,(H,26,27). The van der Waals surface area contributed by atoms with E-state index in [9.17, 15) is 4.79 Å². The summed E-state index contributed by atoms with van der Waals surface area (Å²) in [5.74, 6) is 0.655. The van der Waals surface area contributed by atoms with Gasteiger partial charge in [-0.2, -0.15) is 5.10 Å². The highest BCUT2D eigenvalue weighted by atomic mass is 16.2. The van der Waals surface area contributed by atoms with Crippen molar-refractivity contribution in [1.29, 1.82) is 0 Å². The van der Waals surface area contributed by atoms with Crippen molar-refractivity contribution in [1.82, 2.24) is 24.6 Å². The Hall–Kier alpha value is -3.41. The van der Waals surface area contributed by atoms with Gasteiger partial charge in [-0.3, -0.25) is 9.89 Å². The molecule has 4 aromatic rings.